The molecule has 1 aromatic heterocycles. The molecule has 0 atom stereocenters. The fraction of sp³-hybridized carbons (Fsp3) is 0.100. The summed E-state index contributed by atoms with van der Waals surface area (Å²) in [6.07, 6.45) is 0. The van der Waals surface area contributed by atoms with Crippen LogP contribution in [0.1, 0.15) is 15.4 Å². The van der Waals surface area contributed by atoms with Crippen molar-refractivity contribution in [3.05, 3.63) is 32.7 Å². The van der Waals surface area contributed by atoms with Gasteiger partial charge in [0.2, 0.25) is 5.13 Å². The number of aryl methyl sites for hydroxylation is 1. The maximum absolute atomic E-state index is 12.0. The number of nitrogen functional groups attached to an aromatic ring is 1. The van der Waals surface area contributed by atoms with Crippen LogP contribution in [0.5, 0.6) is 0 Å². The van der Waals surface area contributed by atoms with Gasteiger partial charge < -0.3 is 5.73 Å². The van der Waals surface area contributed by atoms with Crippen molar-refractivity contribution in [2.24, 2.45) is 0 Å². The number of nitrogens with two attached hydrogens (primary N) is 1. The van der Waals surface area contributed by atoms with Crippen LogP contribution >= 0.6 is 34.5 Å². The van der Waals surface area contributed by atoms with Crippen LogP contribution in [0.15, 0.2) is 12.1 Å². The van der Waals surface area contributed by atoms with Gasteiger partial charge >= 0.3 is 0 Å². The second-order valence-electron chi connectivity index (χ2n) is 3.44. The zero-order chi connectivity index (χ0) is 13.3. The summed E-state index contributed by atoms with van der Waals surface area (Å²) in [4.78, 5) is 12.0. The van der Waals surface area contributed by atoms with Crippen LogP contribution in [0.4, 0.5) is 10.8 Å². The number of anilines is 2. The third kappa shape index (κ3) is 2.72. The van der Waals surface area contributed by atoms with Gasteiger partial charge in [-0.3, -0.25) is 10.1 Å². The Kier molecular flexibility index (Phi) is 3.70. The number of nitrogens with zero attached hydrogens (tertiary/aromatic N) is 2. The van der Waals surface area contributed by atoms with Crippen molar-refractivity contribution in [1.29, 1.82) is 0 Å². The van der Waals surface area contributed by atoms with Gasteiger partial charge in [-0.15, -0.1) is 10.2 Å². The molecular formula is C10H8Cl2N4OS. The minimum Gasteiger partial charge on any atom is -0.399 e. The number of hydrogen-bond donors (Lipinski definition) is 2. The number of amides is 1. The summed E-state index contributed by atoms with van der Waals surface area (Å²) in [5.41, 5.74) is 6.18. The van der Waals surface area contributed by atoms with Crippen LogP contribution in [0, 0.1) is 6.92 Å². The van der Waals surface area contributed by atoms with Crippen LogP contribution in [0.3, 0.4) is 0 Å². The van der Waals surface area contributed by atoms with Crippen LogP contribution in [-0.2, 0) is 0 Å². The maximum Gasteiger partial charge on any atom is 0.259 e. The van der Waals surface area contributed by atoms with Crippen molar-refractivity contribution < 1.29 is 4.79 Å². The van der Waals surface area contributed by atoms with E-state index in [1.807, 2.05) is 0 Å². The quantitative estimate of drug-likeness (QED) is 0.836. The van der Waals surface area contributed by atoms with Crippen molar-refractivity contribution in [2.75, 3.05) is 11.1 Å². The van der Waals surface area contributed by atoms with Gasteiger partial charge in [-0.2, -0.15) is 0 Å². The topological polar surface area (TPSA) is 80.9 Å². The summed E-state index contributed by atoms with van der Waals surface area (Å²) in [6.45, 7) is 1.79. The number of carbonyl (C=O) groups is 1. The molecule has 1 aromatic carbocycles. The summed E-state index contributed by atoms with van der Waals surface area (Å²) >= 11 is 13.1. The number of carbonyl (C=O) groups excluding carboxylic acids is 1. The number of rotatable bonds is 2. The largest absolute Gasteiger partial charge is 0.399 e. The second kappa shape index (κ2) is 5.09. The van der Waals surface area contributed by atoms with Crippen molar-refractivity contribution >= 4 is 51.3 Å². The van der Waals surface area contributed by atoms with Crippen molar-refractivity contribution in [3.63, 3.8) is 0 Å². The predicted molar refractivity (Wildman–Crippen MR) is 73.5 cm³/mol. The fourth-order valence-corrected chi connectivity index (χ4v) is 2.30. The molecule has 2 rings (SSSR count). The third-order valence-corrected chi connectivity index (χ3v) is 3.60. The first-order valence-corrected chi connectivity index (χ1v) is 6.40. The lowest BCUT2D eigenvalue weighted by atomic mass is 10.2. The van der Waals surface area contributed by atoms with Crippen molar-refractivity contribution in [1.82, 2.24) is 10.2 Å². The van der Waals surface area contributed by atoms with Gasteiger partial charge in [0.25, 0.3) is 5.91 Å². The van der Waals surface area contributed by atoms with Crippen LogP contribution in [0.2, 0.25) is 10.0 Å². The highest BCUT2D eigenvalue weighted by Gasteiger charge is 2.15. The second-order valence-corrected chi connectivity index (χ2v) is 5.41. The lowest BCUT2D eigenvalue weighted by molar-refractivity contribution is 0.102. The Morgan fingerprint density at radius 1 is 1.39 bits per heavy atom. The minimum atomic E-state index is -0.426. The first-order valence-electron chi connectivity index (χ1n) is 4.83. The van der Waals surface area contributed by atoms with E-state index in [9.17, 15) is 4.79 Å². The highest BCUT2D eigenvalue weighted by atomic mass is 35.5. The van der Waals surface area contributed by atoms with Gasteiger partial charge in [-0.1, -0.05) is 34.5 Å². The van der Waals surface area contributed by atoms with Crippen molar-refractivity contribution in [2.45, 2.75) is 6.92 Å². The van der Waals surface area contributed by atoms with Crippen LogP contribution in [-0.4, -0.2) is 16.1 Å². The average Bonchev–Trinajstić information content (AvgIpc) is 2.69. The molecule has 0 radical (unpaired) electrons. The van der Waals surface area contributed by atoms with Gasteiger partial charge in [0.05, 0.1) is 15.6 Å². The molecule has 0 saturated carbocycles. The molecule has 0 unspecified atom stereocenters. The molecule has 1 heterocycles. The Bertz CT molecular complexity index is 614. The normalized spacial score (nSPS) is 10.4. The van der Waals surface area contributed by atoms with E-state index in [1.165, 1.54) is 23.5 Å². The molecule has 0 fully saturated rings. The molecule has 1 amide bonds. The van der Waals surface area contributed by atoms with E-state index >= 15 is 0 Å². The molecule has 2 aromatic rings. The molecular weight excluding hydrogens is 295 g/mol. The lowest BCUT2D eigenvalue weighted by Crippen LogP contribution is -2.13. The number of halogens is 2. The SMILES string of the molecule is Cc1nnc(NC(=O)c2cc(N)cc(Cl)c2Cl)s1. The molecule has 18 heavy (non-hydrogen) atoms. The number of hydrogen-bond acceptors (Lipinski definition) is 5. The Hall–Kier alpha value is -1.37. The number of benzene rings is 1. The van der Waals surface area contributed by atoms with E-state index in [2.05, 4.69) is 15.5 Å². The molecule has 0 aliphatic rings. The van der Waals surface area contributed by atoms with Gasteiger partial charge in [0.15, 0.2) is 0 Å². The molecule has 0 aliphatic carbocycles. The average molecular weight is 303 g/mol. The summed E-state index contributed by atoms with van der Waals surface area (Å²) in [7, 11) is 0. The third-order valence-electron chi connectivity index (χ3n) is 2.04. The first-order chi connectivity index (χ1) is 8.47. The Morgan fingerprint density at radius 2 is 2.11 bits per heavy atom. The van der Waals surface area contributed by atoms with Crippen molar-refractivity contribution in [3.8, 4) is 0 Å². The summed E-state index contributed by atoms with van der Waals surface area (Å²) < 4.78 is 0. The summed E-state index contributed by atoms with van der Waals surface area (Å²) in [6, 6.07) is 2.94. The predicted octanol–water partition coefficient (Wildman–Crippen LogP) is 2.99. The Morgan fingerprint density at radius 3 is 2.72 bits per heavy atom. The first kappa shape index (κ1) is 13.1. The zero-order valence-electron chi connectivity index (χ0n) is 9.20. The Labute approximate surface area is 117 Å². The summed E-state index contributed by atoms with van der Waals surface area (Å²) in [5.74, 6) is -0.426. The highest BCUT2D eigenvalue weighted by molar-refractivity contribution is 7.15. The highest BCUT2D eigenvalue weighted by Crippen LogP contribution is 2.29. The van der Waals surface area contributed by atoms with Gasteiger partial charge in [0.1, 0.15) is 5.01 Å². The van der Waals surface area contributed by atoms with Gasteiger partial charge in [-0.25, -0.2) is 0 Å². The molecule has 0 saturated heterocycles. The molecule has 8 heteroatoms. The fourth-order valence-electron chi connectivity index (χ4n) is 1.29. The van der Waals surface area contributed by atoms with E-state index in [0.717, 1.165) is 5.01 Å². The number of nitrogens with one attached hydrogen (secondary N) is 1. The van der Waals surface area contributed by atoms with Gasteiger partial charge in [0, 0.05) is 5.69 Å². The van der Waals surface area contributed by atoms with E-state index in [1.54, 1.807) is 6.92 Å². The van der Waals surface area contributed by atoms with E-state index < -0.39 is 5.91 Å². The van der Waals surface area contributed by atoms with Crippen LogP contribution < -0.4 is 11.1 Å². The Balaban J connectivity index is 2.29. The smallest absolute Gasteiger partial charge is 0.259 e. The maximum atomic E-state index is 12.0. The van der Waals surface area contributed by atoms with E-state index in [-0.39, 0.29) is 15.6 Å². The number of aromatic nitrogens is 2. The monoisotopic (exact) mass is 302 g/mol. The molecule has 94 valence electrons. The molecule has 0 spiro atoms. The molecule has 0 bridgehead atoms. The van der Waals surface area contributed by atoms with E-state index in [0.29, 0.717) is 10.8 Å². The molecule has 3 N–H and O–H groups in total. The van der Waals surface area contributed by atoms with E-state index in [4.69, 9.17) is 28.9 Å². The minimum absolute atomic E-state index is 0.157. The standard InChI is InChI=1S/C10H8Cl2N4OS/c1-4-15-16-10(18-4)14-9(17)6-2-5(13)3-7(11)8(6)12/h2-3H,13H2,1H3,(H,14,16,17). The van der Waals surface area contributed by atoms with Crippen LogP contribution in [0.25, 0.3) is 0 Å². The lowest BCUT2D eigenvalue weighted by Gasteiger charge is -2.06. The molecule has 5 nitrogen and oxygen atoms in total. The summed E-state index contributed by atoms with van der Waals surface area (Å²) in [5, 5.41) is 11.7. The molecule has 0 aliphatic heterocycles. The van der Waals surface area contributed by atoms with Gasteiger partial charge in [-0.05, 0) is 19.1 Å². The zero-order valence-corrected chi connectivity index (χ0v) is 11.5.